The zero-order valence-corrected chi connectivity index (χ0v) is 12.1. The molecule has 24 heavy (non-hydrogen) atoms. The topological polar surface area (TPSA) is 116 Å². The molecule has 2 heterocycles. The van der Waals surface area contributed by atoms with Gasteiger partial charge in [0.1, 0.15) is 11.1 Å². The summed E-state index contributed by atoms with van der Waals surface area (Å²) in [6.45, 7) is 0. The average molecular weight is 322 g/mol. The molecule has 118 valence electrons. The Bertz CT molecular complexity index is 1220. The van der Waals surface area contributed by atoms with Crippen molar-refractivity contribution in [1.82, 2.24) is 9.97 Å². The Kier molecular flexibility index (Phi) is 2.89. The molecule has 7 nitrogen and oxygen atoms in total. The summed E-state index contributed by atoms with van der Waals surface area (Å²) in [5, 5.41) is 9.81. The number of nitrogens with one attached hydrogen (secondary N) is 2. The number of benzene rings is 2. The van der Waals surface area contributed by atoms with Crippen molar-refractivity contribution in [1.29, 1.82) is 0 Å². The molecular formula is C17H10N2O5. The Hall–Kier alpha value is -3.61. The summed E-state index contributed by atoms with van der Waals surface area (Å²) >= 11 is 0. The van der Waals surface area contributed by atoms with E-state index in [0.29, 0.717) is 11.1 Å². The molecule has 0 fully saturated rings. The second kappa shape index (κ2) is 4.95. The van der Waals surface area contributed by atoms with Crippen molar-refractivity contribution in [3.63, 3.8) is 0 Å². The average Bonchev–Trinajstić information content (AvgIpc) is 2.57. The first-order chi connectivity index (χ1) is 11.6. The lowest BCUT2D eigenvalue weighted by atomic mass is 9.94. The van der Waals surface area contributed by atoms with Gasteiger partial charge in [0.15, 0.2) is 5.75 Å². The normalized spacial score (nSPS) is 11.2. The number of phenols is 1. The third kappa shape index (κ3) is 1.95. The molecule has 1 aliphatic carbocycles. The van der Waals surface area contributed by atoms with Gasteiger partial charge in [-0.05, 0) is 17.7 Å². The zero-order chi connectivity index (χ0) is 16.8. The number of fused-ring (bicyclic) bond motifs is 2. The Balaban J connectivity index is 2.36. The molecule has 0 saturated heterocycles. The largest absolute Gasteiger partial charge is 0.504 e. The van der Waals surface area contributed by atoms with Crippen LogP contribution < -0.4 is 16.7 Å². The standard InChI is InChI=1S/C17H10N2O5/c20-9-6-7-10-12(14(9)21)11(8-4-2-1-3-5-8)13-15(22)18-17(23)19-16(13)24-10/h1-7,20H,(H2,18,19,22,23). The van der Waals surface area contributed by atoms with E-state index in [4.69, 9.17) is 4.42 Å². The number of hydrogen-bond acceptors (Lipinski definition) is 5. The van der Waals surface area contributed by atoms with Crippen molar-refractivity contribution >= 4 is 11.1 Å². The van der Waals surface area contributed by atoms with Crippen LogP contribution in [0.5, 0.6) is 5.75 Å². The smallest absolute Gasteiger partial charge is 0.328 e. The SMILES string of the molecule is O=c1[nH]c(=O)c2c(-c3ccccc3)c3c(=O)c(O)ccc-3oc2[nH]1. The van der Waals surface area contributed by atoms with Gasteiger partial charge in [-0.15, -0.1) is 0 Å². The van der Waals surface area contributed by atoms with Crippen LogP contribution in [-0.2, 0) is 0 Å². The maximum atomic E-state index is 12.5. The fraction of sp³-hybridized carbons (Fsp3) is 0. The quantitative estimate of drug-likeness (QED) is 0.461. The van der Waals surface area contributed by atoms with Crippen molar-refractivity contribution in [3.8, 4) is 28.2 Å². The van der Waals surface area contributed by atoms with Crippen molar-refractivity contribution < 1.29 is 9.52 Å². The van der Waals surface area contributed by atoms with E-state index < -0.39 is 22.4 Å². The van der Waals surface area contributed by atoms with Gasteiger partial charge in [-0.2, -0.15) is 0 Å². The number of rotatable bonds is 1. The summed E-state index contributed by atoms with van der Waals surface area (Å²) in [6.07, 6.45) is 0. The van der Waals surface area contributed by atoms with E-state index in [1.165, 1.54) is 12.1 Å². The fourth-order valence-corrected chi connectivity index (χ4v) is 2.77. The first kappa shape index (κ1) is 14.0. The Morgan fingerprint density at radius 1 is 0.875 bits per heavy atom. The monoisotopic (exact) mass is 322 g/mol. The maximum absolute atomic E-state index is 12.5. The van der Waals surface area contributed by atoms with E-state index >= 15 is 0 Å². The zero-order valence-electron chi connectivity index (χ0n) is 12.1. The molecule has 0 amide bonds. The summed E-state index contributed by atoms with van der Waals surface area (Å²) in [5.41, 5.74) is -1.13. The lowest BCUT2D eigenvalue weighted by Crippen LogP contribution is -2.23. The summed E-state index contributed by atoms with van der Waals surface area (Å²) in [6, 6.07) is 11.4. The summed E-state index contributed by atoms with van der Waals surface area (Å²) in [7, 11) is 0. The molecule has 0 radical (unpaired) electrons. The Labute approximate surface area is 133 Å². The van der Waals surface area contributed by atoms with E-state index in [9.17, 15) is 19.5 Å². The van der Waals surface area contributed by atoms with Gasteiger partial charge in [0.25, 0.3) is 5.56 Å². The van der Waals surface area contributed by atoms with Crippen molar-refractivity contribution in [2.45, 2.75) is 0 Å². The molecule has 3 N–H and O–H groups in total. The second-order valence-electron chi connectivity index (χ2n) is 5.24. The van der Waals surface area contributed by atoms with Crippen LogP contribution in [0.1, 0.15) is 0 Å². The van der Waals surface area contributed by atoms with Gasteiger partial charge in [0.05, 0.1) is 5.56 Å². The first-order valence-corrected chi connectivity index (χ1v) is 7.07. The summed E-state index contributed by atoms with van der Waals surface area (Å²) < 4.78 is 5.52. The Morgan fingerprint density at radius 2 is 1.62 bits per heavy atom. The molecule has 0 saturated carbocycles. The minimum Gasteiger partial charge on any atom is -0.504 e. The summed E-state index contributed by atoms with van der Waals surface area (Å²) in [5.74, 6) is -0.291. The molecule has 0 spiro atoms. The number of aromatic amines is 2. The number of aromatic hydroxyl groups is 1. The highest BCUT2D eigenvalue weighted by atomic mass is 16.3. The van der Waals surface area contributed by atoms with Crippen LogP contribution in [0.2, 0.25) is 0 Å². The maximum Gasteiger partial charge on any atom is 0.328 e. The van der Waals surface area contributed by atoms with Gasteiger partial charge >= 0.3 is 5.69 Å². The molecule has 1 aromatic heterocycles. The van der Waals surface area contributed by atoms with Gasteiger partial charge in [0.2, 0.25) is 11.1 Å². The van der Waals surface area contributed by atoms with Gasteiger partial charge < -0.3 is 9.52 Å². The molecule has 0 unspecified atom stereocenters. The van der Waals surface area contributed by atoms with Crippen LogP contribution in [0.4, 0.5) is 0 Å². The van der Waals surface area contributed by atoms with E-state index in [0.717, 1.165) is 0 Å². The van der Waals surface area contributed by atoms with Gasteiger partial charge in [0, 0.05) is 5.56 Å². The molecule has 0 bridgehead atoms. The molecule has 4 rings (SSSR count). The Morgan fingerprint density at radius 3 is 2.38 bits per heavy atom. The predicted molar refractivity (Wildman–Crippen MR) is 87.4 cm³/mol. The van der Waals surface area contributed by atoms with E-state index in [-0.39, 0.29) is 22.4 Å². The van der Waals surface area contributed by atoms with Gasteiger partial charge in [-0.3, -0.25) is 19.6 Å². The molecule has 0 atom stereocenters. The molecule has 2 aromatic rings. The second-order valence-corrected chi connectivity index (χ2v) is 5.24. The highest BCUT2D eigenvalue weighted by molar-refractivity contribution is 6.00. The molecular weight excluding hydrogens is 312 g/mol. The van der Waals surface area contributed by atoms with Crippen LogP contribution in [0.15, 0.2) is 61.3 Å². The highest BCUT2D eigenvalue weighted by Crippen LogP contribution is 2.36. The minimum atomic E-state index is -0.712. The first-order valence-electron chi connectivity index (χ1n) is 7.07. The van der Waals surface area contributed by atoms with Crippen molar-refractivity contribution in [2.75, 3.05) is 0 Å². The fourth-order valence-electron chi connectivity index (χ4n) is 2.77. The molecule has 1 aliphatic heterocycles. The van der Waals surface area contributed by atoms with Crippen LogP contribution in [0.25, 0.3) is 33.6 Å². The number of H-pyrrole nitrogens is 2. The lowest BCUT2D eigenvalue weighted by molar-refractivity contribution is 0.469. The minimum absolute atomic E-state index is 0.0380. The number of hydrogen-bond donors (Lipinski definition) is 3. The third-order valence-corrected chi connectivity index (χ3v) is 3.78. The van der Waals surface area contributed by atoms with E-state index in [2.05, 4.69) is 9.97 Å². The van der Waals surface area contributed by atoms with Crippen molar-refractivity contribution in [2.24, 2.45) is 0 Å². The van der Waals surface area contributed by atoms with Crippen LogP contribution in [0, 0.1) is 0 Å². The molecule has 7 heteroatoms. The van der Waals surface area contributed by atoms with E-state index in [1.54, 1.807) is 30.3 Å². The van der Waals surface area contributed by atoms with Gasteiger partial charge in [-0.25, -0.2) is 4.79 Å². The van der Waals surface area contributed by atoms with Crippen molar-refractivity contribution in [3.05, 3.63) is 73.5 Å². The lowest BCUT2D eigenvalue weighted by Gasteiger charge is -2.13. The van der Waals surface area contributed by atoms with Crippen LogP contribution in [-0.4, -0.2) is 15.1 Å². The highest BCUT2D eigenvalue weighted by Gasteiger charge is 2.23. The third-order valence-electron chi connectivity index (χ3n) is 3.78. The molecule has 1 aromatic carbocycles. The summed E-state index contributed by atoms with van der Waals surface area (Å²) in [4.78, 5) is 40.9. The molecule has 2 aliphatic rings. The number of phenolic OH excluding ortho intramolecular Hbond substituents is 1. The van der Waals surface area contributed by atoms with Gasteiger partial charge in [-0.1, -0.05) is 30.3 Å². The van der Waals surface area contributed by atoms with Crippen LogP contribution >= 0.6 is 0 Å². The van der Waals surface area contributed by atoms with Crippen LogP contribution in [0.3, 0.4) is 0 Å². The van der Waals surface area contributed by atoms with E-state index in [1.807, 2.05) is 0 Å². The number of aromatic nitrogens is 2. The predicted octanol–water partition coefficient (Wildman–Crippen LogP) is 1.65.